The van der Waals surface area contributed by atoms with Gasteiger partial charge in [-0.15, -0.1) is 0 Å². The van der Waals surface area contributed by atoms with E-state index < -0.39 is 0 Å². The smallest absolute Gasteiger partial charge is 0.223 e. The van der Waals surface area contributed by atoms with Crippen molar-refractivity contribution in [2.45, 2.75) is 32.2 Å². The SMILES string of the molecule is COc1ccccc1C[C@@H](C)NC(=O)[C@H]1CCN(C)C(=O)C1. The average molecular weight is 304 g/mol. The molecule has 1 saturated heterocycles. The zero-order valence-corrected chi connectivity index (χ0v) is 13.5. The van der Waals surface area contributed by atoms with Crippen LogP contribution in [0.25, 0.3) is 0 Å². The van der Waals surface area contributed by atoms with Gasteiger partial charge in [-0.2, -0.15) is 0 Å². The van der Waals surface area contributed by atoms with Crippen LogP contribution in [0.1, 0.15) is 25.3 Å². The molecule has 0 saturated carbocycles. The van der Waals surface area contributed by atoms with Crippen molar-refractivity contribution in [3.8, 4) is 5.75 Å². The summed E-state index contributed by atoms with van der Waals surface area (Å²) < 4.78 is 5.33. The summed E-state index contributed by atoms with van der Waals surface area (Å²) in [6.45, 7) is 2.62. The second-order valence-electron chi connectivity index (χ2n) is 5.93. The summed E-state index contributed by atoms with van der Waals surface area (Å²) in [5.41, 5.74) is 1.07. The molecular weight excluding hydrogens is 280 g/mol. The predicted octanol–water partition coefficient (Wildman–Crippen LogP) is 1.61. The third kappa shape index (κ3) is 4.00. The summed E-state index contributed by atoms with van der Waals surface area (Å²) >= 11 is 0. The number of carbonyl (C=O) groups excluding carboxylic acids is 2. The third-order valence-corrected chi connectivity index (χ3v) is 4.14. The fourth-order valence-electron chi connectivity index (χ4n) is 2.78. The molecule has 0 radical (unpaired) electrons. The fourth-order valence-corrected chi connectivity index (χ4v) is 2.78. The number of piperidine rings is 1. The van der Waals surface area contributed by atoms with E-state index in [2.05, 4.69) is 5.32 Å². The van der Waals surface area contributed by atoms with Gasteiger partial charge in [0.25, 0.3) is 0 Å². The van der Waals surface area contributed by atoms with Gasteiger partial charge in [-0.3, -0.25) is 9.59 Å². The second-order valence-corrected chi connectivity index (χ2v) is 5.93. The number of nitrogens with one attached hydrogen (secondary N) is 1. The van der Waals surface area contributed by atoms with E-state index in [1.165, 1.54) is 0 Å². The molecule has 0 unspecified atom stereocenters. The quantitative estimate of drug-likeness (QED) is 0.899. The van der Waals surface area contributed by atoms with Gasteiger partial charge in [0.15, 0.2) is 0 Å². The molecule has 5 heteroatoms. The number of hydrogen-bond acceptors (Lipinski definition) is 3. The number of hydrogen-bond donors (Lipinski definition) is 1. The molecule has 1 heterocycles. The van der Waals surface area contributed by atoms with Crippen molar-refractivity contribution in [2.24, 2.45) is 5.92 Å². The van der Waals surface area contributed by atoms with E-state index in [1.807, 2.05) is 31.2 Å². The van der Waals surface area contributed by atoms with Crippen LogP contribution in [0.4, 0.5) is 0 Å². The van der Waals surface area contributed by atoms with Crippen LogP contribution >= 0.6 is 0 Å². The lowest BCUT2D eigenvalue weighted by Gasteiger charge is -2.29. The summed E-state index contributed by atoms with van der Waals surface area (Å²) in [5.74, 6) is 0.648. The molecule has 2 rings (SSSR count). The lowest BCUT2D eigenvalue weighted by molar-refractivity contribution is -0.139. The average Bonchev–Trinajstić information content (AvgIpc) is 2.50. The number of rotatable bonds is 5. The highest BCUT2D eigenvalue weighted by molar-refractivity contribution is 5.86. The maximum Gasteiger partial charge on any atom is 0.223 e. The number of benzene rings is 1. The van der Waals surface area contributed by atoms with E-state index in [9.17, 15) is 9.59 Å². The number of para-hydroxylation sites is 1. The molecule has 1 aromatic carbocycles. The Morgan fingerprint density at radius 1 is 1.45 bits per heavy atom. The van der Waals surface area contributed by atoms with E-state index in [-0.39, 0.29) is 23.8 Å². The van der Waals surface area contributed by atoms with Gasteiger partial charge in [-0.25, -0.2) is 0 Å². The molecule has 0 spiro atoms. The first-order chi connectivity index (χ1) is 10.5. The zero-order valence-electron chi connectivity index (χ0n) is 13.5. The molecule has 2 atom stereocenters. The first kappa shape index (κ1) is 16.3. The molecule has 1 N–H and O–H groups in total. The largest absolute Gasteiger partial charge is 0.496 e. The number of likely N-dealkylation sites (tertiary alicyclic amines) is 1. The van der Waals surface area contributed by atoms with Gasteiger partial charge < -0.3 is 15.0 Å². The summed E-state index contributed by atoms with van der Waals surface area (Å²) in [4.78, 5) is 25.7. The highest BCUT2D eigenvalue weighted by Crippen LogP contribution is 2.20. The number of methoxy groups -OCH3 is 1. The van der Waals surface area contributed by atoms with Gasteiger partial charge in [0.05, 0.1) is 7.11 Å². The Kier molecular flexibility index (Phi) is 5.41. The topological polar surface area (TPSA) is 58.6 Å². The van der Waals surface area contributed by atoms with Crippen LogP contribution in [0.2, 0.25) is 0 Å². The van der Waals surface area contributed by atoms with Gasteiger partial charge in [0.2, 0.25) is 11.8 Å². The summed E-state index contributed by atoms with van der Waals surface area (Å²) in [6, 6.07) is 7.80. The Hall–Kier alpha value is -2.04. The minimum Gasteiger partial charge on any atom is -0.496 e. The molecule has 1 aromatic rings. The van der Waals surface area contributed by atoms with Gasteiger partial charge in [0.1, 0.15) is 5.75 Å². The first-order valence-corrected chi connectivity index (χ1v) is 7.67. The molecule has 1 fully saturated rings. The highest BCUT2D eigenvalue weighted by Gasteiger charge is 2.29. The normalized spacial score (nSPS) is 19.7. The number of carbonyl (C=O) groups is 2. The Morgan fingerprint density at radius 3 is 2.86 bits per heavy atom. The maximum absolute atomic E-state index is 12.3. The second kappa shape index (κ2) is 7.29. The maximum atomic E-state index is 12.3. The van der Waals surface area contributed by atoms with E-state index in [1.54, 1.807) is 19.1 Å². The molecule has 5 nitrogen and oxygen atoms in total. The van der Waals surface area contributed by atoms with Gasteiger partial charge in [-0.1, -0.05) is 18.2 Å². The Balaban J connectivity index is 1.90. The molecular formula is C17H24N2O3. The van der Waals surface area contributed by atoms with Crippen molar-refractivity contribution >= 4 is 11.8 Å². The molecule has 1 aliphatic rings. The van der Waals surface area contributed by atoms with Crippen LogP contribution in [0, 0.1) is 5.92 Å². The van der Waals surface area contributed by atoms with E-state index >= 15 is 0 Å². The van der Waals surface area contributed by atoms with Crippen LogP contribution in [0.5, 0.6) is 5.75 Å². The van der Waals surface area contributed by atoms with Crippen LogP contribution in [0.3, 0.4) is 0 Å². The molecule has 22 heavy (non-hydrogen) atoms. The van der Waals surface area contributed by atoms with Crippen LogP contribution < -0.4 is 10.1 Å². The van der Waals surface area contributed by atoms with Crippen molar-refractivity contribution in [2.75, 3.05) is 20.7 Å². The van der Waals surface area contributed by atoms with E-state index in [4.69, 9.17) is 4.74 Å². The van der Waals surface area contributed by atoms with Crippen molar-refractivity contribution in [3.63, 3.8) is 0 Å². The number of nitrogens with zero attached hydrogens (tertiary/aromatic N) is 1. The van der Waals surface area contributed by atoms with Crippen LogP contribution in [-0.2, 0) is 16.0 Å². The van der Waals surface area contributed by atoms with Crippen LogP contribution in [0.15, 0.2) is 24.3 Å². The molecule has 0 bridgehead atoms. The Bertz CT molecular complexity index is 544. The molecule has 1 aliphatic heterocycles. The number of ether oxygens (including phenoxy) is 1. The molecule has 120 valence electrons. The van der Waals surface area contributed by atoms with Gasteiger partial charge in [-0.05, 0) is 31.4 Å². The molecule has 2 amide bonds. The standard InChI is InChI=1S/C17H24N2O3/c1-12(10-13-6-4-5-7-15(13)22-3)18-17(21)14-8-9-19(2)16(20)11-14/h4-7,12,14H,8-11H2,1-3H3,(H,18,21)/t12-,14+/m1/s1. The Labute approximate surface area is 131 Å². The monoisotopic (exact) mass is 304 g/mol. The Morgan fingerprint density at radius 2 is 2.18 bits per heavy atom. The van der Waals surface area contributed by atoms with Crippen molar-refractivity contribution in [1.29, 1.82) is 0 Å². The predicted molar refractivity (Wildman–Crippen MR) is 84.7 cm³/mol. The van der Waals surface area contributed by atoms with Gasteiger partial charge >= 0.3 is 0 Å². The van der Waals surface area contributed by atoms with Crippen molar-refractivity contribution in [1.82, 2.24) is 10.2 Å². The van der Waals surface area contributed by atoms with Gasteiger partial charge in [0, 0.05) is 32.0 Å². The lowest BCUT2D eigenvalue weighted by Crippen LogP contribution is -2.44. The summed E-state index contributed by atoms with van der Waals surface area (Å²) in [7, 11) is 3.42. The van der Waals surface area contributed by atoms with Crippen LogP contribution in [-0.4, -0.2) is 43.5 Å². The lowest BCUT2D eigenvalue weighted by atomic mass is 9.95. The van der Waals surface area contributed by atoms with E-state index in [0.717, 1.165) is 17.7 Å². The number of amides is 2. The summed E-state index contributed by atoms with van der Waals surface area (Å²) in [6.07, 6.45) is 1.75. The van der Waals surface area contributed by atoms with Crippen molar-refractivity contribution in [3.05, 3.63) is 29.8 Å². The minimum atomic E-state index is -0.205. The van der Waals surface area contributed by atoms with Crippen molar-refractivity contribution < 1.29 is 14.3 Å². The van der Waals surface area contributed by atoms with E-state index in [0.29, 0.717) is 19.4 Å². The first-order valence-electron chi connectivity index (χ1n) is 7.67. The minimum absolute atomic E-state index is 0.00134. The molecule has 0 aliphatic carbocycles. The zero-order chi connectivity index (χ0) is 16.1. The fraction of sp³-hybridized carbons (Fsp3) is 0.529. The molecule has 0 aromatic heterocycles. The highest BCUT2D eigenvalue weighted by atomic mass is 16.5. The summed E-state index contributed by atoms with van der Waals surface area (Å²) in [5, 5.41) is 3.02. The third-order valence-electron chi connectivity index (χ3n) is 4.14.